The number of sulfonamides is 1. The van der Waals surface area contributed by atoms with E-state index in [2.05, 4.69) is 20.2 Å². The number of carbonyl (C=O) groups excluding carboxylic acids is 1. The number of methoxy groups -OCH3 is 1. The molecule has 0 saturated carbocycles. The Morgan fingerprint density at radius 1 is 1.07 bits per heavy atom. The number of amides is 1. The minimum absolute atomic E-state index is 0.103. The molecule has 1 heterocycles. The molecule has 1 amide bonds. The fourth-order valence-corrected chi connectivity index (χ4v) is 4.51. The van der Waals surface area contributed by atoms with Gasteiger partial charge in [0.1, 0.15) is 5.75 Å². The standard InChI is InChI=1S/C18H18N4O4S2/c1-12(13-8-10-15(26-2)11-9-13)22-28(24,25)18-21-20-17(27-18)19-16(23)14-6-4-3-5-7-14/h3-12,22H,1-2H3,(H,19,20,23). The molecule has 10 heteroatoms. The summed E-state index contributed by atoms with van der Waals surface area (Å²) in [4.78, 5) is 12.1. The summed E-state index contributed by atoms with van der Waals surface area (Å²) in [6, 6.07) is 15.1. The minimum Gasteiger partial charge on any atom is -0.497 e. The van der Waals surface area contributed by atoms with E-state index in [-0.39, 0.29) is 15.4 Å². The molecule has 0 bridgehead atoms. The van der Waals surface area contributed by atoms with Crippen LogP contribution in [0.3, 0.4) is 0 Å². The lowest BCUT2D eigenvalue weighted by atomic mass is 10.1. The summed E-state index contributed by atoms with van der Waals surface area (Å²) in [5, 5.41) is 10.1. The summed E-state index contributed by atoms with van der Waals surface area (Å²) in [6.07, 6.45) is 0. The Bertz CT molecular complexity index is 1050. The van der Waals surface area contributed by atoms with Crippen molar-refractivity contribution in [1.29, 1.82) is 0 Å². The summed E-state index contributed by atoms with van der Waals surface area (Å²) in [5.74, 6) is 0.294. The zero-order valence-corrected chi connectivity index (χ0v) is 16.8. The number of rotatable bonds is 7. The molecule has 0 fully saturated rings. The third-order valence-corrected chi connectivity index (χ3v) is 6.59. The first-order chi connectivity index (χ1) is 13.4. The van der Waals surface area contributed by atoms with Gasteiger partial charge in [-0.15, -0.1) is 10.2 Å². The van der Waals surface area contributed by atoms with Gasteiger partial charge in [0.05, 0.1) is 7.11 Å². The highest BCUT2D eigenvalue weighted by molar-refractivity contribution is 7.91. The summed E-state index contributed by atoms with van der Waals surface area (Å²) in [5.41, 5.74) is 1.21. The molecule has 3 aromatic rings. The molecule has 2 N–H and O–H groups in total. The van der Waals surface area contributed by atoms with E-state index in [0.29, 0.717) is 11.3 Å². The van der Waals surface area contributed by atoms with Crippen molar-refractivity contribution in [3.05, 3.63) is 65.7 Å². The van der Waals surface area contributed by atoms with Gasteiger partial charge in [0, 0.05) is 11.6 Å². The Hall–Kier alpha value is -2.82. The van der Waals surface area contributed by atoms with Gasteiger partial charge in [-0.1, -0.05) is 41.7 Å². The molecule has 0 radical (unpaired) electrons. The number of nitrogens with one attached hydrogen (secondary N) is 2. The summed E-state index contributed by atoms with van der Waals surface area (Å²) < 4.78 is 32.6. The van der Waals surface area contributed by atoms with Crippen LogP contribution in [0.15, 0.2) is 58.9 Å². The Morgan fingerprint density at radius 2 is 1.75 bits per heavy atom. The van der Waals surface area contributed by atoms with E-state index in [1.165, 1.54) is 0 Å². The van der Waals surface area contributed by atoms with E-state index >= 15 is 0 Å². The lowest BCUT2D eigenvalue weighted by Crippen LogP contribution is -2.26. The van der Waals surface area contributed by atoms with Gasteiger partial charge in [-0.3, -0.25) is 10.1 Å². The smallest absolute Gasteiger partial charge is 0.270 e. The molecule has 146 valence electrons. The molecule has 28 heavy (non-hydrogen) atoms. The second-order valence-electron chi connectivity index (χ2n) is 5.81. The van der Waals surface area contributed by atoms with Crippen LogP contribution in [0.4, 0.5) is 5.13 Å². The molecule has 0 aliphatic heterocycles. The van der Waals surface area contributed by atoms with Crippen molar-refractivity contribution in [2.24, 2.45) is 0 Å². The Labute approximate surface area is 166 Å². The van der Waals surface area contributed by atoms with Gasteiger partial charge in [-0.05, 0) is 36.8 Å². The average Bonchev–Trinajstić information content (AvgIpc) is 3.18. The van der Waals surface area contributed by atoms with Crippen LogP contribution < -0.4 is 14.8 Å². The van der Waals surface area contributed by atoms with Gasteiger partial charge in [-0.2, -0.15) is 0 Å². The van der Waals surface area contributed by atoms with Crippen molar-refractivity contribution in [3.63, 3.8) is 0 Å². The first kappa shape index (κ1) is 19.9. The van der Waals surface area contributed by atoms with Crippen LogP contribution in [0, 0.1) is 0 Å². The van der Waals surface area contributed by atoms with Gasteiger partial charge < -0.3 is 4.74 Å². The molecule has 0 aliphatic carbocycles. The molecule has 0 spiro atoms. The molecular formula is C18H18N4O4S2. The first-order valence-electron chi connectivity index (χ1n) is 8.25. The van der Waals surface area contributed by atoms with Gasteiger partial charge in [0.2, 0.25) is 9.47 Å². The van der Waals surface area contributed by atoms with Crippen LogP contribution in [-0.2, 0) is 10.0 Å². The van der Waals surface area contributed by atoms with E-state index < -0.39 is 16.1 Å². The molecule has 1 atom stereocenters. The van der Waals surface area contributed by atoms with Gasteiger partial charge in [0.25, 0.3) is 15.9 Å². The maximum absolute atomic E-state index is 12.6. The molecule has 2 aromatic carbocycles. The highest BCUT2D eigenvalue weighted by Gasteiger charge is 2.24. The third kappa shape index (κ3) is 4.71. The quantitative estimate of drug-likeness (QED) is 0.571. The average molecular weight is 419 g/mol. The van der Waals surface area contributed by atoms with E-state index in [9.17, 15) is 13.2 Å². The molecule has 1 aromatic heterocycles. The van der Waals surface area contributed by atoms with Crippen LogP contribution in [-0.4, -0.2) is 31.6 Å². The maximum atomic E-state index is 12.6. The van der Waals surface area contributed by atoms with Crippen molar-refractivity contribution in [2.75, 3.05) is 12.4 Å². The van der Waals surface area contributed by atoms with E-state index in [1.807, 2.05) is 0 Å². The number of anilines is 1. The fraction of sp³-hybridized carbons (Fsp3) is 0.167. The van der Waals surface area contributed by atoms with Gasteiger partial charge in [0.15, 0.2) is 0 Å². The number of benzene rings is 2. The number of ether oxygens (including phenoxy) is 1. The molecular weight excluding hydrogens is 400 g/mol. The number of nitrogens with zero attached hydrogens (tertiary/aromatic N) is 2. The Kier molecular flexibility index (Phi) is 6.02. The third-order valence-electron chi connectivity index (χ3n) is 3.84. The minimum atomic E-state index is -3.89. The van der Waals surface area contributed by atoms with Crippen LogP contribution in [0.1, 0.15) is 28.9 Å². The van der Waals surface area contributed by atoms with E-state index in [1.54, 1.807) is 68.6 Å². The summed E-state index contributed by atoms with van der Waals surface area (Å²) in [6.45, 7) is 1.72. The van der Waals surface area contributed by atoms with Crippen molar-refractivity contribution in [3.8, 4) is 5.75 Å². The lowest BCUT2D eigenvalue weighted by Gasteiger charge is -2.13. The monoisotopic (exact) mass is 418 g/mol. The van der Waals surface area contributed by atoms with Crippen LogP contribution in [0.5, 0.6) is 5.75 Å². The van der Waals surface area contributed by atoms with Crippen LogP contribution in [0.25, 0.3) is 0 Å². The number of hydrogen-bond acceptors (Lipinski definition) is 7. The predicted molar refractivity (Wildman–Crippen MR) is 106 cm³/mol. The SMILES string of the molecule is COc1ccc(C(C)NS(=O)(=O)c2nnc(NC(=O)c3ccccc3)s2)cc1. The lowest BCUT2D eigenvalue weighted by molar-refractivity contribution is 0.102. The molecule has 3 rings (SSSR count). The normalized spacial score (nSPS) is 12.4. The number of hydrogen-bond donors (Lipinski definition) is 2. The zero-order chi connectivity index (χ0) is 20.1. The van der Waals surface area contributed by atoms with Crippen molar-refractivity contribution in [2.45, 2.75) is 17.3 Å². The molecule has 0 aliphatic rings. The molecule has 8 nitrogen and oxygen atoms in total. The number of carbonyl (C=O) groups is 1. The van der Waals surface area contributed by atoms with Crippen LogP contribution in [0.2, 0.25) is 0 Å². The highest BCUT2D eigenvalue weighted by Crippen LogP contribution is 2.23. The predicted octanol–water partition coefficient (Wildman–Crippen LogP) is 2.84. The van der Waals surface area contributed by atoms with Gasteiger partial charge >= 0.3 is 0 Å². The summed E-state index contributed by atoms with van der Waals surface area (Å²) in [7, 11) is -2.33. The fourth-order valence-electron chi connectivity index (χ4n) is 2.37. The van der Waals surface area contributed by atoms with Crippen molar-refractivity contribution >= 4 is 32.4 Å². The number of aromatic nitrogens is 2. The van der Waals surface area contributed by atoms with Crippen LogP contribution >= 0.6 is 11.3 Å². The molecule has 1 unspecified atom stereocenters. The highest BCUT2D eigenvalue weighted by atomic mass is 32.2. The van der Waals surface area contributed by atoms with Crippen molar-refractivity contribution in [1.82, 2.24) is 14.9 Å². The molecule has 0 saturated heterocycles. The summed E-state index contributed by atoms with van der Waals surface area (Å²) >= 11 is 0.781. The second kappa shape index (κ2) is 8.46. The second-order valence-corrected chi connectivity index (χ2v) is 8.67. The first-order valence-corrected chi connectivity index (χ1v) is 10.5. The maximum Gasteiger partial charge on any atom is 0.270 e. The topological polar surface area (TPSA) is 110 Å². The van der Waals surface area contributed by atoms with E-state index in [0.717, 1.165) is 16.9 Å². The van der Waals surface area contributed by atoms with Crippen molar-refractivity contribution < 1.29 is 17.9 Å². The Balaban J connectivity index is 1.69. The van der Waals surface area contributed by atoms with E-state index in [4.69, 9.17) is 4.74 Å². The largest absolute Gasteiger partial charge is 0.497 e. The van der Waals surface area contributed by atoms with Gasteiger partial charge in [-0.25, -0.2) is 13.1 Å². The zero-order valence-electron chi connectivity index (χ0n) is 15.1. The Morgan fingerprint density at radius 3 is 2.39 bits per heavy atom.